The summed E-state index contributed by atoms with van der Waals surface area (Å²) >= 11 is 3.24. The molecule has 2 aromatic carbocycles. The van der Waals surface area contributed by atoms with Crippen LogP contribution in [0.5, 0.6) is 0 Å². The van der Waals surface area contributed by atoms with Gasteiger partial charge in [0.2, 0.25) is 0 Å². The van der Waals surface area contributed by atoms with E-state index in [0.717, 1.165) is 6.07 Å². The summed E-state index contributed by atoms with van der Waals surface area (Å²) in [5.41, 5.74) is 0.311. The Morgan fingerprint density at radius 1 is 1.10 bits per heavy atom. The molecule has 0 heterocycles. The predicted octanol–water partition coefficient (Wildman–Crippen LogP) is 4.95. The molecule has 0 unspecified atom stereocenters. The number of halogens is 4. The van der Waals surface area contributed by atoms with Crippen molar-refractivity contribution in [2.24, 2.45) is 0 Å². The maximum atomic E-state index is 12.9. The second-order valence-corrected chi connectivity index (χ2v) is 5.14. The molecule has 0 atom stereocenters. The number of alkyl halides is 3. The van der Waals surface area contributed by atoms with Gasteiger partial charge >= 0.3 is 6.18 Å². The van der Waals surface area contributed by atoms with Crippen LogP contribution in [0.25, 0.3) is 0 Å². The third kappa shape index (κ3) is 3.56. The highest BCUT2D eigenvalue weighted by atomic mass is 79.9. The van der Waals surface area contributed by atoms with Gasteiger partial charge in [-0.2, -0.15) is 18.4 Å². The van der Waals surface area contributed by atoms with Crippen molar-refractivity contribution in [3.05, 3.63) is 63.6 Å². The number of benzene rings is 2. The third-order valence-electron chi connectivity index (χ3n) is 2.92. The van der Waals surface area contributed by atoms with Gasteiger partial charge in [-0.15, -0.1) is 0 Å². The van der Waals surface area contributed by atoms with Crippen LogP contribution in [0.2, 0.25) is 0 Å². The van der Waals surface area contributed by atoms with Gasteiger partial charge in [-0.1, -0.05) is 24.3 Å². The molecule has 0 amide bonds. The van der Waals surface area contributed by atoms with Crippen molar-refractivity contribution < 1.29 is 13.2 Å². The van der Waals surface area contributed by atoms with Gasteiger partial charge in [0, 0.05) is 11.0 Å². The first-order valence-corrected chi connectivity index (χ1v) is 6.80. The highest BCUT2D eigenvalue weighted by molar-refractivity contribution is 9.10. The summed E-state index contributed by atoms with van der Waals surface area (Å²) in [6.07, 6.45) is -4.40. The van der Waals surface area contributed by atoms with Gasteiger partial charge in [0.1, 0.15) is 6.07 Å². The minimum atomic E-state index is -4.40. The van der Waals surface area contributed by atoms with Gasteiger partial charge in [-0.05, 0) is 39.7 Å². The lowest BCUT2D eigenvalue weighted by Crippen LogP contribution is -2.12. The maximum Gasteiger partial charge on any atom is 0.416 e. The third-order valence-corrected chi connectivity index (χ3v) is 3.58. The van der Waals surface area contributed by atoms with Crippen molar-refractivity contribution in [2.45, 2.75) is 12.7 Å². The highest BCUT2D eigenvalue weighted by Gasteiger charge is 2.32. The van der Waals surface area contributed by atoms with E-state index < -0.39 is 11.7 Å². The lowest BCUT2D eigenvalue weighted by atomic mass is 10.1. The number of hydrogen-bond acceptors (Lipinski definition) is 2. The largest absolute Gasteiger partial charge is 0.416 e. The topological polar surface area (TPSA) is 35.8 Å². The zero-order valence-electron chi connectivity index (χ0n) is 10.7. The summed E-state index contributed by atoms with van der Waals surface area (Å²) in [6.45, 7) is -0.0131. The number of anilines is 1. The standard InChI is InChI=1S/C15H10BrF3N2/c16-13-6-3-7-14(11(13)8-20)21-9-10-4-1-2-5-12(10)15(17,18)19/h1-7,21H,9H2. The zero-order valence-corrected chi connectivity index (χ0v) is 12.3. The van der Waals surface area contributed by atoms with Crippen LogP contribution in [0.3, 0.4) is 0 Å². The predicted molar refractivity (Wildman–Crippen MR) is 77.6 cm³/mol. The molecule has 108 valence electrons. The molecule has 0 aliphatic rings. The first-order chi connectivity index (χ1) is 9.93. The molecule has 0 aliphatic heterocycles. The van der Waals surface area contributed by atoms with E-state index in [1.165, 1.54) is 12.1 Å². The Balaban J connectivity index is 2.26. The van der Waals surface area contributed by atoms with Crippen molar-refractivity contribution in [1.29, 1.82) is 5.26 Å². The average molecular weight is 355 g/mol. The van der Waals surface area contributed by atoms with Crippen LogP contribution < -0.4 is 5.32 Å². The monoisotopic (exact) mass is 354 g/mol. The van der Waals surface area contributed by atoms with E-state index in [1.807, 2.05) is 6.07 Å². The molecular weight excluding hydrogens is 345 g/mol. The average Bonchev–Trinajstić information content (AvgIpc) is 2.44. The number of nitrogens with one attached hydrogen (secondary N) is 1. The van der Waals surface area contributed by atoms with Gasteiger partial charge < -0.3 is 5.32 Å². The summed E-state index contributed by atoms with van der Waals surface area (Å²) in [4.78, 5) is 0. The first-order valence-electron chi connectivity index (χ1n) is 6.01. The fourth-order valence-electron chi connectivity index (χ4n) is 1.93. The van der Waals surface area contributed by atoms with E-state index in [1.54, 1.807) is 24.3 Å². The van der Waals surface area contributed by atoms with E-state index in [2.05, 4.69) is 21.2 Å². The molecule has 1 N–H and O–H groups in total. The number of rotatable bonds is 3. The molecule has 6 heteroatoms. The highest BCUT2D eigenvalue weighted by Crippen LogP contribution is 2.32. The number of nitrogens with zero attached hydrogens (tertiary/aromatic N) is 1. The van der Waals surface area contributed by atoms with Gasteiger partial charge in [0.15, 0.2) is 0 Å². The second-order valence-electron chi connectivity index (χ2n) is 4.28. The number of nitriles is 1. The normalized spacial score (nSPS) is 11.0. The Hall–Kier alpha value is -2.00. The first kappa shape index (κ1) is 15.4. The van der Waals surface area contributed by atoms with Gasteiger partial charge in [0.25, 0.3) is 0 Å². The van der Waals surface area contributed by atoms with E-state index in [9.17, 15) is 13.2 Å². The van der Waals surface area contributed by atoms with Crippen LogP contribution in [0.4, 0.5) is 18.9 Å². The quantitative estimate of drug-likeness (QED) is 0.846. The van der Waals surface area contributed by atoms with Crippen LogP contribution in [0.15, 0.2) is 46.9 Å². The van der Waals surface area contributed by atoms with Crippen LogP contribution in [0.1, 0.15) is 16.7 Å². The minimum Gasteiger partial charge on any atom is -0.380 e. The molecule has 0 aromatic heterocycles. The molecule has 0 saturated carbocycles. The van der Waals surface area contributed by atoms with Crippen molar-refractivity contribution in [1.82, 2.24) is 0 Å². The lowest BCUT2D eigenvalue weighted by molar-refractivity contribution is -0.138. The summed E-state index contributed by atoms with van der Waals surface area (Å²) in [6, 6.07) is 12.4. The Kier molecular flexibility index (Phi) is 4.53. The van der Waals surface area contributed by atoms with E-state index in [0.29, 0.717) is 15.7 Å². The Morgan fingerprint density at radius 2 is 1.81 bits per heavy atom. The fraction of sp³-hybridized carbons (Fsp3) is 0.133. The SMILES string of the molecule is N#Cc1c(Br)cccc1NCc1ccccc1C(F)(F)F. The Morgan fingerprint density at radius 3 is 2.48 bits per heavy atom. The van der Waals surface area contributed by atoms with Crippen molar-refractivity contribution in [2.75, 3.05) is 5.32 Å². The molecule has 0 fully saturated rings. The van der Waals surface area contributed by atoms with Crippen molar-refractivity contribution in [3.63, 3.8) is 0 Å². The van der Waals surface area contributed by atoms with Crippen molar-refractivity contribution >= 4 is 21.6 Å². The van der Waals surface area contributed by atoms with Crippen LogP contribution in [0, 0.1) is 11.3 Å². The van der Waals surface area contributed by atoms with E-state index in [4.69, 9.17) is 5.26 Å². The summed E-state index contributed by atoms with van der Waals surface area (Å²) < 4.78 is 39.3. The molecule has 2 aromatic rings. The second kappa shape index (κ2) is 6.19. The van der Waals surface area contributed by atoms with Gasteiger partial charge in [-0.25, -0.2) is 0 Å². The fourth-order valence-corrected chi connectivity index (χ4v) is 2.38. The molecule has 2 rings (SSSR count). The summed E-state index contributed by atoms with van der Waals surface area (Å²) in [5.74, 6) is 0. The molecule has 21 heavy (non-hydrogen) atoms. The van der Waals surface area contributed by atoms with E-state index >= 15 is 0 Å². The molecule has 0 bridgehead atoms. The molecular formula is C15H10BrF3N2. The molecule has 0 aliphatic carbocycles. The molecule has 0 radical (unpaired) electrons. The van der Waals surface area contributed by atoms with Gasteiger partial charge in [-0.3, -0.25) is 0 Å². The zero-order chi connectivity index (χ0) is 15.5. The minimum absolute atomic E-state index is 0.0131. The maximum absolute atomic E-state index is 12.9. The van der Waals surface area contributed by atoms with Crippen LogP contribution in [-0.4, -0.2) is 0 Å². The Bertz CT molecular complexity index is 690. The van der Waals surface area contributed by atoms with E-state index in [-0.39, 0.29) is 12.1 Å². The summed E-state index contributed by atoms with van der Waals surface area (Å²) in [5, 5.41) is 12.0. The van der Waals surface area contributed by atoms with Crippen LogP contribution in [-0.2, 0) is 12.7 Å². The Labute approximate surface area is 128 Å². The van der Waals surface area contributed by atoms with Crippen molar-refractivity contribution in [3.8, 4) is 6.07 Å². The van der Waals surface area contributed by atoms with Crippen LogP contribution >= 0.6 is 15.9 Å². The number of hydrogen-bond donors (Lipinski definition) is 1. The smallest absolute Gasteiger partial charge is 0.380 e. The molecule has 2 nitrogen and oxygen atoms in total. The van der Waals surface area contributed by atoms with Gasteiger partial charge in [0.05, 0.1) is 16.8 Å². The lowest BCUT2D eigenvalue weighted by Gasteiger charge is -2.14. The molecule has 0 spiro atoms. The molecule has 0 saturated heterocycles. The summed E-state index contributed by atoms with van der Waals surface area (Å²) in [7, 11) is 0.